The van der Waals surface area contributed by atoms with E-state index in [0.29, 0.717) is 6.54 Å². The standard InChI is InChI=1S/C16H24N4O3S/c1-18-15(20-8-6-16(11-20)7-9-23-12-16)19-10-13-2-4-14(5-3-13)24(17,21)22/h2-5H,6-12H2,1H3,(H,18,19)(H2,17,21,22). The van der Waals surface area contributed by atoms with Crippen molar-refractivity contribution in [3.8, 4) is 0 Å². The number of benzene rings is 1. The van der Waals surface area contributed by atoms with Crippen molar-refractivity contribution >= 4 is 16.0 Å². The molecule has 1 spiro atoms. The largest absolute Gasteiger partial charge is 0.381 e. The van der Waals surface area contributed by atoms with Crippen LogP contribution in [0.1, 0.15) is 18.4 Å². The number of rotatable bonds is 3. The van der Waals surface area contributed by atoms with Gasteiger partial charge in [-0.25, -0.2) is 13.6 Å². The summed E-state index contributed by atoms with van der Waals surface area (Å²) in [7, 11) is -1.87. The number of aliphatic imine (C=N–C) groups is 1. The zero-order chi connectivity index (χ0) is 17.2. The molecule has 2 aliphatic rings. The Morgan fingerprint density at radius 3 is 2.71 bits per heavy atom. The number of sulfonamides is 1. The van der Waals surface area contributed by atoms with Crippen molar-refractivity contribution in [2.24, 2.45) is 15.5 Å². The first-order valence-corrected chi connectivity index (χ1v) is 9.62. The van der Waals surface area contributed by atoms with E-state index in [9.17, 15) is 8.42 Å². The second-order valence-electron chi connectivity index (χ2n) is 6.56. The summed E-state index contributed by atoms with van der Waals surface area (Å²) in [6.45, 7) is 4.23. The number of ether oxygens (including phenoxy) is 1. The maximum atomic E-state index is 11.3. The average molecular weight is 352 g/mol. The molecule has 0 aliphatic carbocycles. The van der Waals surface area contributed by atoms with Crippen molar-refractivity contribution < 1.29 is 13.2 Å². The van der Waals surface area contributed by atoms with Crippen LogP contribution in [0.25, 0.3) is 0 Å². The number of primary sulfonamides is 1. The molecule has 24 heavy (non-hydrogen) atoms. The molecule has 0 amide bonds. The van der Waals surface area contributed by atoms with Gasteiger partial charge in [-0.3, -0.25) is 4.99 Å². The summed E-state index contributed by atoms with van der Waals surface area (Å²) in [6, 6.07) is 6.57. The predicted molar refractivity (Wildman–Crippen MR) is 92.1 cm³/mol. The highest BCUT2D eigenvalue weighted by molar-refractivity contribution is 7.89. The molecular weight excluding hydrogens is 328 g/mol. The van der Waals surface area contributed by atoms with E-state index >= 15 is 0 Å². The number of guanidine groups is 1. The minimum Gasteiger partial charge on any atom is -0.381 e. The van der Waals surface area contributed by atoms with Gasteiger partial charge in [0.1, 0.15) is 0 Å². The maximum Gasteiger partial charge on any atom is 0.238 e. The van der Waals surface area contributed by atoms with Crippen LogP contribution in [0.3, 0.4) is 0 Å². The third-order valence-electron chi connectivity index (χ3n) is 4.84. The second kappa shape index (κ2) is 6.70. The fourth-order valence-corrected chi connectivity index (χ4v) is 3.91. The van der Waals surface area contributed by atoms with Gasteiger partial charge in [0.25, 0.3) is 0 Å². The van der Waals surface area contributed by atoms with Gasteiger partial charge < -0.3 is 15.0 Å². The van der Waals surface area contributed by atoms with Gasteiger partial charge in [0.2, 0.25) is 10.0 Å². The fraction of sp³-hybridized carbons (Fsp3) is 0.562. The monoisotopic (exact) mass is 352 g/mol. The van der Waals surface area contributed by atoms with Crippen LogP contribution >= 0.6 is 0 Å². The summed E-state index contributed by atoms with van der Waals surface area (Å²) < 4.78 is 28.1. The summed E-state index contributed by atoms with van der Waals surface area (Å²) >= 11 is 0. The van der Waals surface area contributed by atoms with Gasteiger partial charge in [-0.05, 0) is 30.5 Å². The number of likely N-dealkylation sites (tertiary alicyclic amines) is 1. The van der Waals surface area contributed by atoms with Crippen molar-refractivity contribution in [2.75, 3.05) is 33.4 Å². The van der Waals surface area contributed by atoms with Crippen LogP contribution in [0.15, 0.2) is 34.2 Å². The number of hydrogen-bond acceptors (Lipinski definition) is 4. The Bertz CT molecular complexity index is 709. The highest BCUT2D eigenvalue weighted by Crippen LogP contribution is 2.38. The van der Waals surface area contributed by atoms with E-state index < -0.39 is 10.0 Å². The SMILES string of the molecule is CN=C(NCc1ccc(S(N)(=O)=O)cc1)N1CCC2(CCOC2)C1. The van der Waals surface area contributed by atoms with E-state index in [4.69, 9.17) is 9.88 Å². The molecule has 1 unspecified atom stereocenters. The predicted octanol–water partition coefficient (Wildman–Crippen LogP) is 0.522. The molecule has 2 aliphatic heterocycles. The smallest absolute Gasteiger partial charge is 0.238 e. The summed E-state index contributed by atoms with van der Waals surface area (Å²) in [5.41, 5.74) is 1.26. The summed E-state index contributed by atoms with van der Waals surface area (Å²) in [4.78, 5) is 6.77. The van der Waals surface area contributed by atoms with Crippen molar-refractivity contribution in [3.63, 3.8) is 0 Å². The molecule has 0 aromatic heterocycles. The molecular formula is C16H24N4O3S. The van der Waals surface area contributed by atoms with Gasteiger partial charge in [0, 0.05) is 38.7 Å². The topological polar surface area (TPSA) is 97.0 Å². The molecule has 132 valence electrons. The fourth-order valence-electron chi connectivity index (χ4n) is 3.40. The number of hydrogen-bond donors (Lipinski definition) is 2. The summed E-state index contributed by atoms with van der Waals surface area (Å²) in [5, 5.41) is 8.46. The van der Waals surface area contributed by atoms with Crippen molar-refractivity contribution in [1.29, 1.82) is 0 Å². The Labute approximate surface area is 142 Å². The first kappa shape index (κ1) is 17.2. The van der Waals surface area contributed by atoms with Gasteiger partial charge in [-0.2, -0.15) is 0 Å². The van der Waals surface area contributed by atoms with Crippen LogP contribution in [-0.4, -0.2) is 52.6 Å². The lowest BCUT2D eigenvalue weighted by atomic mass is 9.87. The summed E-state index contributed by atoms with van der Waals surface area (Å²) in [5.74, 6) is 0.870. The van der Waals surface area contributed by atoms with Crippen LogP contribution in [0, 0.1) is 5.41 Å². The van der Waals surface area contributed by atoms with E-state index in [1.54, 1.807) is 19.2 Å². The third-order valence-corrected chi connectivity index (χ3v) is 5.77. The molecule has 3 N–H and O–H groups in total. The molecule has 7 nitrogen and oxygen atoms in total. The molecule has 0 saturated carbocycles. The molecule has 1 aromatic rings. The van der Waals surface area contributed by atoms with Gasteiger partial charge in [-0.1, -0.05) is 12.1 Å². The Kier molecular flexibility index (Phi) is 4.80. The lowest BCUT2D eigenvalue weighted by Crippen LogP contribution is -2.41. The quantitative estimate of drug-likeness (QED) is 0.611. The molecule has 0 radical (unpaired) electrons. The molecule has 8 heteroatoms. The maximum absolute atomic E-state index is 11.3. The molecule has 2 heterocycles. The van der Waals surface area contributed by atoms with Crippen molar-refractivity contribution in [3.05, 3.63) is 29.8 Å². The Hall–Kier alpha value is -1.64. The Morgan fingerprint density at radius 2 is 2.12 bits per heavy atom. The first-order chi connectivity index (χ1) is 11.4. The zero-order valence-corrected chi connectivity index (χ0v) is 14.7. The molecule has 1 atom stereocenters. The molecule has 0 bridgehead atoms. The molecule has 3 rings (SSSR count). The van der Waals surface area contributed by atoms with E-state index in [2.05, 4.69) is 15.2 Å². The van der Waals surface area contributed by atoms with Gasteiger partial charge in [0.05, 0.1) is 11.5 Å². The Morgan fingerprint density at radius 1 is 1.38 bits per heavy atom. The van der Waals surface area contributed by atoms with Crippen LogP contribution < -0.4 is 10.5 Å². The number of nitrogens with two attached hydrogens (primary N) is 1. The van der Waals surface area contributed by atoms with Crippen LogP contribution in [0.4, 0.5) is 0 Å². The molecule has 2 saturated heterocycles. The number of nitrogens with one attached hydrogen (secondary N) is 1. The Balaban J connectivity index is 1.59. The van der Waals surface area contributed by atoms with E-state index in [-0.39, 0.29) is 10.3 Å². The van der Waals surface area contributed by atoms with Gasteiger partial charge >= 0.3 is 0 Å². The zero-order valence-electron chi connectivity index (χ0n) is 13.9. The third kappa shape index (κ3) is 3.71. The van der Waals surface area contributed by atoms with Gasteiger partial charge in [-0.15, -0.1) is 0 Å². The van der Waals surface area contributed by atoms with Crippen LogP contribution in [0.2, 0.25) is 0 Å². The van der Waals surface area contributed by atoms with E-state index in [0.717, 1.165) is 50.7 Å². The number of nitrogens with zero attached hydrogens (tertiary/aromatic N) is 2. The van der Waals surface area contributed by atoms with E-state index in [1.807, 2.05) is 0 Å². The van der Waals surface area contributed by atoms with Gasteiger partial charge in [0.15, 0.2) is 5.96 Å². The van der Waals surface area contributed by atoms with Crippen LogP contribution in [0.5, 0.6) is 0 Å². The highest BCUT2D eigenvalue weighted by Gasteiger charge is 2.42. The summed E-state index contributed by atoms with van der Waals surface area (Å²) in [6.07, 6.45) is 2.26. The van der Waals surface area contributed by atoms with Crippen molar-refractivity contribution in [2.45, 2.75) is 24.3 Å². The normalized spacial score (nSPS) is 24.8. The lowest BCUT2D eigenvalue weighted by Gasteiger charge is -2.25. The highest BCUT2D eigenvalue weighted by atomic mass is 32.2. The van der Waals surface area contributed by atoms with Crippen LogP contribution in [-0.2, 0) is 21.3 Å². The minimum absolute atomic E-state index is 0.123. The minimum atomic E-state index is -3.65. The molecule has 2 fully saturated rings. The molecule has 1 aromatic carbocycles. The first-order valence-electron chi connectivity index (χ1n) is 8.07. The second-order valence-corrected chi connectivity index (χ2v) is 8.13. The average Bonchev–Trinajstić information content (AvgIpc) is 3.18. The van der Waals surface area contributed by atoms with Crippen molar-refractivity contribution in [1.82, 2.24) is 10.2 Å². The van der Waals surface area contributed by atoms with E-state index in [1.165, 1.54) is 12.1 Å². The lowest BCUT2D eigenvalue weighted by molar-refractivity contribution is 0.156.